The molecule has 10 heavy (non-hydrogen) atoms. The van der Waals surface area contributed by atoms with E-state index < -0.39 is 0 Å². The van der Waals surface area contributed by atoms with Gasteiger partial charge in [0.2, 0.25) is 0 Å². The van der Waals surface area contributed by atoms with Gasteiger partial charge >= 0.3 is 0 Å². The van der Waals surface area contributed by atoms with Crippen LogP contribution in [0.2, 0.25) is 0 Å². The molecule has 2 rings (SSSR count). The van der Waals surface area contributed by atoms with E-state index in [1.165, 1.54) is 11.1 Å². The Morgan fingerprint density at radius 2 is 1.90 bits per heavy atom. The maximum absolute atomic E-state index is 2.20. The van der Waals surface area contributed by atoms with Gasteiger partial charge in [-0.3, -0.25) is 0 Å². The molecule has 0 saturated heterocycles. The molecule has 0 saturated carbocycles. The summed E-state index contributed by atoms with van der Waals surface area (Å²) < 4.78 is 0. The van der Waals surface area contributed by atoms with Crippen LogP contribution >= 0.6 is 0 Å². The van der Waals surface area contributed by atoms with Gasteiger partial charge in [-0.05, 0) is 17.5 Å². The molecular formula is C9H8Ca. The van der Waals surface area contributed by atoms with E-state index >= 15 is 0 Å². The Labute approximate surface area is 90.9 Å². The third-order valence-electron chi connectivity index (χ3n) is 1.69. The molecule has 0 amide bonds. The van der Waals surface area contributed by atoms with Crippen molar-refractivity contribution in [3.8, 4) is 0 Å². The number of hydrogen-bond donors (Lipinski definition) is 0. The number of allylic oxidation sites excluding steroid dienone is 1. The standard InChI is InChI=1S/C9H8.Ca/c1-2-5-9-7-3-6-8(9)4-1;/h1-6H,7H2;. The fraction of sp³-hybridized carbons (Fsp3) is 0.111. The van der Waals surface area contributed by atoms with E-state index in [0.29, 0.717) is 0 Å². The molecule has 0 unspecified atom stereocenters. The summed E-state index contributed by atoms with van der Waals surface area (Å²) in [5.74, 6) is 0. The Balaban J connectivity index is 0.000000500. The second-order valence-electron chi connectivity index (χ2n) is 2.31. The van der Waals surface area contributed by atoms with Crippen LogP contribution in [0, 0.1) is 0 Å². The van der Waals surface area contributed by atoms with Gasteiger partial charge in [-0.2, -0.15) is 0 Å². The SMILES string of the molecule is C1=Cc2ccccc2C1.[Ca]. The predicted molar refractivity (Wildman–Crippen MR) is 44.9 cm³/mol. The van der Waals surface area contributed by atoms with Gasteiger partial charge in [0.05, 0.1) is 0 Å². The molecule has 1 aromatic rings. The molecule has 46 valence electrons. The molecule has 0 spiro atoms. The molecule has 0 bridgehead atoms. The van der Waals surface area contributed by atoms with Crippen molar-refractivity contribution in [2.24, 2.45) is 0 Å². The zero-order valence-corrected chi connectivity index (χ0v) is 8.09. The minimum absolute atomic E-state index is 0. The normalized spacial score (nSPS) is 12.4. The van der Waals surface area contributed by atoms with Crippen molar-refractivity contribution in [1.82, 2.24) is 0 Å². The Kier molecular flexibility index (Phi) is 2.96. The van der Waals surface area contributed by atoms with E-state index in [4.69, 9.17) is 0 Å². The number of hydrogen-bond acceptors (Lipinski definition) is 0. The quantitative estimate of drug-likeness (QED) is 0.503. The van der Waals surface area contributed by atoms with E-state index in [-0.39, 0.29) is 37.7 Å². The van der Waals surface area contributed by atoms with Crippen molar-refractivity contribution < 1.29 is 0 Å². The monoisotopic (exact) mass is 156 g/mol. The summed E-state index contributed by atoms with van der Waals surface area (Å²) in [6.45, 7) is 0. The predicted octanol–water partition coefficient (Wildman–Crippen LogP) is 1.88. The van der Waals surface area contributed by atoms with Crippen molar-refractivity contribution in [3.63, 3.8) is 0 Å². The van der Waals surface area contributed by atoms with E-state index in [9.17, 15) is 0 Å². The summed E-state index contributed by atoms with van der Waals surface area (Å²) in [5, 5.41) is 0. The molecule has 0 aromatic heterocycles. The van der Waals surface area contributed by atoms with Crippen molar-refractivity contribution in [2.45, 2.75) is 6.42 Å². The van der Waals surface area contributed by atoms with Gasteiger partial charge in [-0.15, -0.1) is 0 Å². The zero-order chi connectivity index (χ0) is 6.10. The van der Waals surface area contributed by atoms with E-state index in [1.54, 1.807) is 0 Å². The topological polar surface area (TPSA) is 0 Å². The fourth-order valence-corrected chi connectivity index (χ4v) is 1.20. The van der Waals surface area contributed by atoms with E-state index in [0.717, 1.165) is 6.42 Å². The molecule has 1 heteroatoms. The van der Waals surface area contributed by atoms with E-state index in [2.05, 4.69) is 36.4 Å². The van der Waals surface area contributed by atoms with Crippen LogP contribution in [-0.4, -0.2) is 37.7 Å². The van der Waals surface area contributed by atoms with Gasteiger partial charge in [-0.25, -0.2) is 0 Å². The number of rotatable bonds is 0. The molecule has 1 aliphatic carbocycles. The minimum atomic E-state index is 0. The molecule has 2 radical (unpaired) electrons. The van der Waals surface area contributed by atoms with Crippen LogP contribution < -0.4 is 0 Å². The molecule has 1 aromatic carbocycles. The van der Waals surface area contributed by atoms with E-state index in [1.807, 2.05) is 0 Å². The largest absolute Gasteiger partial charge is 0.0795 e. The summed E-state index contributed by atoms with van der Waals surface area (Å²) in [4.78, 5) is 0. The van der Waals surface area contributed by atoms with Crippen LogP contribution in [0.5, 0.6) is 0 Å². The van der Waals surface area contributed by atoms with Crippen molar-refractivity contribution in [1.29, 1.82) is 0 Å². The Hall–Kier alpha value is 0.220. The Bertz CT molecular complexity index is 251. The van der Waals surface area contributed by atoms with Crippen LogP contribution in [0.1, 0.15) is 11.1 Å². The summed E-state index contributed by atoms with van der Waals surface area (Å²) in [6.07, 6.45) is 5.50. The Morgan fingerprint density at radius 3 is 2.70 bits per heavy atom. The molecule has 1 aliphatic rings. The molecule has 0 aliphatic heterocycles. The summed E-state index contributed by atoms with van der Waals surface area (Å²) in [5.41, 5.74) is 2.84. The van der Waals surface area contributed by atoms with Crippen LogP contribution in [0.15, 0.2) is 30.3 Å². The molecule has 0 heterocycles. The maximum Gasteiger partial charge on any atom is 0 e. The summed E-state index contributed by atoms with van der Waals surface area (Å²) >= 11 is 0. The van der Waals surface area contributed by atoms with Crippen LogP contribution in [0.25, 0.3) is 6.08 Å². The number of fused-ring (bicyclic) bond motifs is 1. The number of benzene rings is 1. The molecular weight excluding hydrogens is 148 g/mol. The van der Waals surface area contributed by atoms with Gasteiger partial charge in [0.15, 0.2) is 0 Å². The first-order valence-corrected chi connectivity index (χ1v) is 3.21. The minimum Gasteiger partial charge on any atom is -0.0795 e. The molecule has 0 fully saturated rings. The van der Waals surface area contributed by atoms with Crippen LogP contribution in [0.3, 0.4) is 0 Å². The Morgan fingerprint density at radius 1 is 1.10 bits per heavy atom. The van der Waals surface area contributed by atoms with Crippen LogP contribution in [0.4, 0.5) is 0 Å². The second-order valence-corrected chi connectivity index (χ2v) is 2.31. The summed E-state index contributed by atoms with van der Waals surface area (Å²) in [6, 6.07) is 8.49. The first-order chi connectivity index (χ1) is 4.47. The average Bonchev–Trinajstić information content (AvgIpc) is 2.33. The van der Waals surface area contributed by atoms with Gasteiger partial charge in [0, 0.05) is 37.7 Å². The smallest absolute Gasteiger partial charge is 0 e. The van der Waals surface area contributed by atoms with Crippen molar-refractivity contribution >= 4 is 43.8 Å². The van der Waals surface area contributed by atoms with Gasteiger partial charge in [0.25, 0.3) is 0 Å². The zero-order valence-electron chi connectivity index (χ0n) is 5.88. The average molecular weight is 156 g/mol. The summed E-state index contributed by atoms with van der Waals surface area (Å²) in [7, 11) is 0. The van der Waals surface area contributed by atoms with Crippen molar-refractivity contribution in [2.75, 3.05) is 0 Å². The van der Waals surface area contributed by atoms with Gasteiger partial charge in [-0.1, -0.05) is 36.4 Å². The maximum atomic E-state index is 2.20. The molecule has 0 atom stereocenters. The second kappa shape index (κ2) is 3.56. The first-order valence-electron chi connectivity index (χ1n) is 3.21. The van der Waals surface area contributed by atoms with Gasteiger partial charge in [0.1, 0.15) is 0 Å². The van der Waals surface area contributed by atoms with Crippen LogP contribution in [-0.2, 0) is 6.42 Å². The molecule has 0 N–H and O–H groups in total. The van der Waals surface area contributed by atoms with Crippen molar-refractivity contribution in [3.05, 3.63) is 41.5 Å². The molecule has 0 nitrogen and oxygen atoms in total. The third kappa shape index (κ3) is 1.44. The fourth-order valence-electron chi connectivity index (χ4n) is 1.20. The first kappa shape index (κ1) is 8.32. The third-order valence-corrected chi connectivity index (χ3v) is 1.69. The van der Waals surface area contributed by atoms with Gasteiger partial charge < -0.3 is 0 Å².